The fraction of sp³-hybridized carbons (Fsp3) is 0.923. The predicted molar refractivity (Wildman–Crippen MR) is 69.4 cm³/mol. The van der Waals surface area contributed by atoms with E-state index >= 15 is 0 Å². The van der Waals surface area contributed by atoms with E-state index in [1.165, 1.54) is 0 Å². The second-order valence-corrected chi connectivity index (χ2v) is 5.49. The molecule has 2 unspecified atom stereocenters. The lowest BCUT2D eigenvalue weighted by molar-refractivity contribution is -0.133. The number of nitrogens with one attached hydrogen (secondary N) is 1. The van der Waals surface area contributed by atoms with E-state index in [0.717, 1.165) is 13.1 Å². The van der Waals surface area contributed by atoms with Crippen molar-refractivity contribution in [2.75, 3.05) is 13.1 Å². The highest BCUT2D eigenvalue weighted by Gasteiger charge is 2.25. The monoisotopic (exact) mass is 228 g/mol. The van der Waals surface area contributed by atoms with Gasteiger partial charge in [0.15, 0.2) is 0 Å². The van der Waals surface area contributed by atoms with Gasteiger partial charge in [-0.3, -0.25) is 4.79 Å². The fourth-order valence-corrected chi connectivity index (χ4v) is 1.51. The Morgan fingerprint density at radius 2 is 1.62 bits per heavy atom. The first kappa shape index (κ1) is 15.4. The Hall–Kier alpha value is -0.570. The van der Waals surface area contributed by atoms with Gasteiger partial charge in [0.05, 0.1) is 6.04 Å². The van der Waals surface area contributed by atoms with Crippen LogP contribution < -0.4 is 5.32 Å². The minimum absolute atomic E-state index is 0.103. The van der Waals surface area contributed by atoms with E-state index in [1.54, 1.807) is 0 Å². The normalized spacial score (nSPS) is 15.7. The molecule has 0 aliphatic rings. The molecule has 0 aliphatic carbocycles. The van der Waals surface area contributed by atoms with Crippen molar-refractivity contribution in [1.82, 2.24) is 10.2 Å². The topological polar surface area (TPSA) is 32.3 Å². The van der Waals surface area contributed by atoms with Gasteiger partial charge in [-0.15, -0.1) is 0 Å². The SMILES string of the molecule is CCN(CC)C(=O)C(C)NC(C)C(C)(C)C. The third kappa shape index (κ3) is 4.52. The van der Waals surface area contributed by atoms with E-state index < -0.39 is 0 Å². The molecular formula is C13H28N2O. The molecule has 1 amide bonds. The summed E-state index contributed by atoms with van der Waals surface area (Å²) < 4.78 is 0. The lowest BCUT2D eigenvalue weighted by Gasteiger charge is -2.32. The van der Waals surface area contributed by atoms with Crippen LogP contribution in [0.1, 0.15) is 48.5 Å². The van der Waals surface area contributed by atoms with Crippen LogP contribution in [0.25, 0.3) is 0 Å². The standard InChI is InChI=1S/C13H28N2O/c1-8-15(9-2)12(16)10(3)14-11(4)13(5,6)7/h10-11,14H,8-9H2,1-7H3. The number of rotatable bonds is 5. The highest BCUT2D eigenvalue weighted by Crippen LogP contribution is 2.19. The number of carbonyl (C=O) groups excluding carboxylic acids is 1. The van der Waals surface area contributed by atoms with Gasteiger partial charge in [0.25, 0.3) is 0 Å². The molecule has 96 valence electrons. The van der Waals surface area contributed by atoms with Gasteiger partial charge < -0.3 is 10.2 Å². The van der Waals surface area contributed by atoms with Crippen molar-refractivity contribution in [2.45, 2.75) is 60.5 Å². The Kier molecular flexibility index (Phi) is 6.01. The molecule has 0 aromatic heterocycles. The van der Waals surface area contributed by atoms with Crippen LogP contribution in [-0.4, -0.2) is 36.0 Å². The second kappa shape index (κ2) is 6.24. The molecule has 0 rings (SSSR count). The van der Waals surface area contributed by atoms with Crippen molar-refractivity contribution in [3.05, 3.63) is 0 Å². The van der Waals surface area contributed by atoms with Crippen LogP contribution >= 0.6 is 0 Å². The number of amides is 1. The summed E-state index contributed by atoms with van der Waals surface area (Å²) >= 11 is 0. The Morgan fingerprint density at radius 1 is 1.19 bits per heavy atom. The van der Waals surface area contributed by atoms with Crippen LogP contribution in [0.15, 0.2) is 0 Å². The molecule has 0 fully saturated rings. The summed E-state index contributed by atoms with van der Waals surface area (Å²) in [7, 11) is 0. The third-order valence-electron chi connectivity index (χ3n) is 3.24. The van der Waals surface area contributed by atoms with Crippen LogP contribution in [0.5, 0.6) is 0 Å². The highest BCUT2D eigenvalue weighted by molar-refractivity contribution is 5.81. The lowest BCUT2D eigenvalue weighted by Crippen LogP contribution is -2.50. The molecule has 3 nitrogen and oxygen atoms in total. The van der Waals surface area contributed by atoms with Crippen LogP contribution in [0.4, 0.5) is 0 Å². The average molecular weight is 228 g/mol. The summed E-state index contributed by atoms with van der Waals surface area (Å²) in [6.07, 6.45) is 0. The van der Waals surface area contributed by atoms with Gasteiger partial charge in [0, 0.05) is 19.1 Å². The summed E-state index contributed by atoms with van der Waals surface area (Å²) in [5.41, 5.74) is 0.178. The number of hydrogen-bond acceptors (Lipinski definition) is 2. The van der Waals surface area contributed by atoms with E-state index in [4.69, 9.17) is 0 Å². The van der Waals surface area contributed by atoms with Crippen molar-refractivity contribution in [3.8, 4) is 0 Å². The molecule has 0 saturated heterocycles. The molecule has 0 bridgehead atoms. The van der Waals surface area contributed by atoms with Gasteiger partial charge in [-0.1, -0.05) is 20.8 Å². The molecule has 2 atom stereocenters. The molecule has 1 N–H and O–H groups in total. The van der Waals surface area contributed by atoms with Gasteiger partial charge in [-0.05, 0) is 33.1 Å². The minimum Gasteiger partial charge on any atom is -0.342 e. The molecule has 0 heterocycles. The van der Waals surface area contributed by atoms with E-state index in [2.05, 4.69) is 33.0 Å². The highest BCUT2D eigenvalue weighted by atomic mass is 16.2. The van der Waals surface area contributed by atoms with Crippen molar-refractivity contribution >= 4 is 5.91 Å². The van der Waals surface area contributed by atoms with Gasteiger partial charge >= 0.3 is 0 Å². The van der Waals surface area contributed by atoms with Crippen LogP contribution in [0.3, 0.4) is 0 Å². The number of likely N-dealkylation sites (N-methyl/N-ethyl adjacent to an activating group) is 1. The van der Waals surface area contributed by atoms with E-state index in [0.29, 0.717) is 6.04 Å². The summed E-state index contributed by atoms with van der Waals surface area (Å²) in [5.74, 6) is 0.195. The molecule has 16 heavy (non-hydrogen) atoms. The molecule has 0 spiro atoms. The van der Waals surface area contributed by atoms with E-state index in [1.807, 2.05) is 25.7 Å². The first-order chi connectivity index (χ1) is 7.23. The summed E-state index contributed by atoms with van der Waals surface area (Å²) in [5, 5.41) is 3.38. The second-order valence-electron chi connectivity index (χ2n) is 5.49. The quantitative estimate of drug-likeness (QED) is 0.783. The maximum absolute atomic E-state index is 12.0. The van der Waals surface area contributed by atoms with Crippen LogP contribution in [0, 0.1) is 5.41 Å². The Labute approximate surface area is 101 Å². The van der Waals surface area contributed by atoms with Crippen LogP contribution in [0.2, 0.25) is 0 Å². The minimum atomic E-state index is -0.103. The van der Waals surface area contributed by atoms with E-state index in [9.17, 15) is 4.79 Å². The number of hydrogen-bond donors (Lipinski definition) is 1. The Morgan fingerprint density at radius 3 is 1.94 bits per heavy atom. The summed E-state index contributed by atoms with van der Waals surface area (Å²) in [6, 6.07) is 0.219. The predicted octanol–water partition coefficient (Wildman–Crippen LogP) is 2.27. The molecule has 0 aromatic rings. The fourth-order valence-electron chi connectivity index (χ4n) is 1.51. The van der Waals surface area contributed by atoms with Gasteiger partial charge in [0.2, 0.25) is 5.91 Å². The maximum atomic E-state index is 12.0. The molecule has 0 saturated carbocycles. The third-order valence-corrected chi connectivity index (χ3v) is 3.24. The van der Waals surface area contributed by atoms with Gasteiger partial charge in [0.1, 0.15) is 0 Å². The van der Waals surface area contributed by atoms with Crippen molar-refractivity contribution in [2.24, 2.45) is 5.41 Å². The molecular weight excluding hydrogens is 200 g/mol. The average Bonchev–Trinajstić information content (AvgIpc) is 2.17. The molecule has 0 aliphatic heterocycles. The zero-order valence-corrected chi connectivity index (χ0v) is 11.9. The first-order valence-electron chi connectivity index (χ1n) is 6.28. The van der Waals surface area contributed by atoms with Gasteiger partial charge in [-0.25, -0.2) is 0 Å². The first-order valence-corrected chi connectivity index (χ1v) is 6.28. The zero-order chi connectivity index (χ0) is 12.9. The van der Waals surface area contributed by atoms with Gasteiger partial charge in [-0.2, -0.15) is 0 Å². The Bertz CT molecular complexity index is 216. The molecule has 0 radical (unpaired) electrons. The smallest absolute Gasteiger partial charge is 0.239 e. The largest absolute Gasteiger partial charge is 0.342 e. The van der Waals surface area contributed by atoms with Crippen molar-refractivity contribution in [1.29, 1.82) is 0 Å². The summed E-state index contributed by atoms with van der Waals surface area (Å²) in [4.78, 5) is 13.9. The van der Waals surface area contributed by atoms with Crippen molar-refractivity contribution in [3.63, 3.8) is 0 Å². The lowest BCUT2D eigenvalue weighted by atomic mass is 9.87. The van der Waals surface area contributed by atoms with Crippen LogP contribution in [-0.2, 0) is 4.79 Å². The summed E-state index contributed by atoms with van der Waals surface area (Å²) in [6.45, 7) is 16.2. The Balaban J connectivity index is 4.36. The molecule has 0 aromatic carbocycles. The number of carbonyl (C=O) groups is 1. The number of nitrogens with zero attached hydrogens (tertiary/aromatic N) is 1. The molecule has 3 heteroatoms. The zero-order valence-electron chi connectivity index (χ0n) is 11.9. The van der Waals surface area contributed by atoms with Crippen molar-refractivity contribution < 1.29 is 4.79 Å². The maximum Gasteiger partial charge on any atom is 0.239 e. The van der Waals surface area contributed by atoms with E-state index in [-0.39, 0.29) is 17.4 Å².